The highest BCUT2D eigenvalue weighted by Crippen LogP contribution is 2.24. The molecular weight excluding hydrogens is 286 g/mol. The summed E-state index contributed by atoms with van der Waals surface area (Å²) in [7, 11) is -3.51. The van der Waals surface area contributed by atoms with Gasteiger partial charge in [-0.3, -0.25) is 4.98 Å². The molecule has 0 saturated heterocycles. The monoisotopic (exact) mass is 303 g/mol. The predicted octanol–water partition coefficient (Wildman–Crippen LogP) is 1.92. The third-order valence-electron chi connectivity index (χ3n) is 3.49. The number of hydrogen-bond donors (Lipinski definition) is 2. The van der Waals surface area contributed by atoms with E-state index in [9.17, 15) is 8.42 Å². The lowest BCUT2D eigenvalue weighted by Crippen LogP contribution is -2.24. The van der Waals surface area contributed by atoms with E-state index in [0.717, 1.165) is 30.6 Å². The van der Waals surface area contributed by atoms with Gasteiger partial charge in [-0.15, -0.1) is 0 Å². The Kier molecular flexibility index (Phi) is 3.90. The third-order valence-corrected chi connectivity index (χ3v) is 4.89. The van der Waals surface area contributed by atoms with Crippen molar-refractivity contribution in [1.82, 2.24) is 9.71 Å². The molecule has 0 bridgehead atoms. The number of pyridine rings is 1. The molecule has 0 radical (unpaired) electrons. The summed E-state index contributed by atoms with van der Waals surface area (Å²) in [6.07, 6.45) is 3.58. The zero-order valence-electron chi connectivity index (χ0n) is 11.5. The van der Waals surface area contributed by atoms with Crippen LogP contribution in [0.4, 0.5) is 5.69 Å². The van der Waals surface area contributed by atoms with Crippen LogP contribution in [0.15, 0.2) is 47.5 Å². The van der Waals surface area contributed by atoms with Gasteiger partial charge >= 0.3 is 0 Å². The number of rotatable bonds is 4. The van der Waals surface area contributed by atoms with E-state index in [0.29, 0.717) is 10.6 Å². The fraction of sp³-hybridized carbons (Fsp3) is 0.267. The molecule has 0 amide bonds. The van der Waals surface area contributed by atoms with Crippen molar-refractivity contribution < 1.29 is 8.42 Å². The number of benzene rings is 1. The van der Waals surface area contributed by atoms with Crippen molar-refractivity contribution in [3.8, 4) is 0 Å². The summed E-state index contributed by atoms with van der Waals surface area (Å²) in [6, 6.07) is 10.7. The van der Waals surface area contributed by atoms with Gasteiger partial charge in [0.1, 0.15) is 0 Å². The van der Waals surface area contributed by atoms with Crippen molar-refractivity contribution in [2.75, 3.05) is 11.9 Å². The van der Waals surface area contributed by atoms with Crippen LogP contribution in [0, 0.1) is 0 Å². The first-order chi connectivity index (χ1) is 10.1. The topological polar surface area (TPSA) is 71.1 Å². The van der Waals surface area contributed by atoms with Gasteiger partial charge in [0.15, 0.2) is 0 Å². The molecule has 2 heterocycles. The average Bonchev–Trinajstić information content (AvgIpc) is 2.53. The van der Waals surface area contributed by atoms with E-state index in [4.69, 9.17) is 0 Å². The number of hydrogen-bond acceptors (Lipinski definition) is 4. The molecule has 0 fully saturated rings. The summed E-state index contributed by atoms with van der Waals surface area (Å²) in [4.78, 5) is 4.42. The van der Waals surface area contributed by atoms with Crippen molar-refractivity contribution >= 4 is 15.7 Å². The summed E-state index contributed by atoms with van der Waals surface area (Å²) in [5.41, 5.74) is 2.78. The molecular formula is C15H17N3O2S. The van der Waals surface area contributed by atoms with E-state index in [2.05, 4.69) is 15.0 Å². The molecule has 0 saturated carbocycles. The second kappa shape index (κ2) is 5.83. The zero-order valence-corrected chi connectivity index (χ0v) is 12.4. The molecule has 3 rings (SSSR count). The highest BCUT2D eigenvalue weighted by atomic mass is 32.2. The Morgan fingerprint density at radius 2 is 2.14 bits per heavy atom. The number of fused-ring (bicyclic) bond motifs is 1. The molecule has 0 atom stereocenters. The maximum Gasteiger partial charge on any atom is 0.240 e. The number of aryl methyl sites for hydroxylation is 1. The summed E-state index contributed by atoms with van der Waals surface area (Å²) < 4.78 is 27.3. The van der Waals surface area contributed by atoms with E-state index in [1.807, 2.05) is 12.1 Å². The first-order valence-electron chi connectivity index (χ1n) is 6.91. The minimum atomic E-state index is -3.51. The van der Waals surface area contributed by atoms with Crippen molar-refractivity contribution in [1.29, 1.82) is 0 Å². The summed E-state index contributed by atoms with van der Waals surface area (Å²) >= 11 is 0. The maximum absolute atomic E-state index is 12.3. The summed E-state index contributed by atoms with van der Waals surface area (Å²) in [6.45, 7) is 1.13. The van der Waals surface area contributed by atoms with Crippen LogP contribution >= 0.6 is 0 Å². The van der Waals surface area contributed by atoms with Crippen LogP contribution in [-0.4, -0.2) is 19.9 Å². The van der Waals surface area contributed by atoms with Gasteiger partial charge in [-0.25, -0.2) is 13.1 Å². The second-order valence-corrected chi connectivity index (χ2v) is 6.76. The van der Waals surface area contributed by atoms with Crippen molar-refractivity contribution in [3.63, 3.8) is 0 Å². The molecule has 0 aliphatic carbocycles. The quantitative estimate of drug-likeness (QED) is 0.905. The molecule has 1 aromatic heterocycles. The van der Waals surface area contributed by atoms with Crippen molar-refractivity contribution in [3.05, 3.63) is 53.9 Å². The number of sulfonamides is 1. The number of nitrogens with zero attached hydrogens (tertiary/aromatic N) is 1. The first-order valence-corrected chi connectivity index (χ1v) is 8.40. The van der Waals surface area contributed by atoms with Crippen molar-refractivity contribution in [2.45, 2.75) is 24.3 Å². The number of nitrogens with one attached hydrogen (secondary N) is 2. The van der Waals surface area contributed by atoms with Gasteiger partial charge < -0.3 is 5.32 Å². The van der Waals surface area contributed by atoms with Gasteiger partial charge in [0.2, 0.25) is 10.0 Å². The number of aromatic nitrogens is 1. The van der Waals surface area contributed by atoms with Crippen LogP contribution in [0.5, 0.6) is 0 Å². The highest BCUT2D eigenvalue weighted by molar-refractivity contribution is 7.89. The van der Waals surface area contributed by atoms with Crippen LogP contribution in [0.25, 0.3) is 0 Å². The van der Waals surface area contributed by atoms with Crippen LogP contribution in [-0.2, 0) is 23.0 Å². The molecule has 2 N–H and O–H groups in total. The van der Waals surface area contributed by atoms with Crippen LogP contribution < -0.4 is 10.0 Å². The molecule has 1 aliphatic rings. The Morgan fingerprint density at radius 1 is 1.24 bits per heavy atom. The van der Waals surface area contributed by atoms with E-state index < -0.39 is 10.0 Å². The number of anilines is 1. The van der Waals surface area contributed by atoms with Gasteiger partial charge in [0, 0.05) is 18.4 Å². The molecule has 6 heteroatoms. The molecule has 1 aliphatic heterocycles. The molecule has 0 unspecified atom stereocenters. The standard InChI is InChI=1S/C15H17N3O2S/c19-21(20,18-11-13-5-1-2-8-16-13)14-6-7-15-12(10-14)4-3-9-17-15/h1-2,5-8,10,17-18H,3-4,9,11H2. The van der Waals surface area contributed by atoms with Crippen LogP contribution in [0.1, 0.15) is 17.7 Å². The van der Waals surface area contributed by atoms with Gasteiger partial charge in [-0.05, 0) is 48.7 Å². The molecule has 5 nitrogen and oxygen atoms in total. The lowest BCUT2D eigenvalue weighted by Gasteiger charge is -2.18. The highest BCUT2D eigenvalue weighted by Gasteiger charge is 2.17. The molecule has 21 heavy (non-hydrogen) atoms. The molecule has 2 aromatic rings. The Labute approximate surface area is 124 Å². The largest absolute Gasteiger partial charge is 0.385 e. The Hall–Kier alpha value is -1.92. The minimum absolute atomic E-state index is 0.193. The van der Waals surface area contributed by atoms with Crippen LogP contribution in [0.3, 0.4) is 0 Å². The van der Waals surface area contributed by atoms with Gasteiger partial charge in [-0.1, -0.05) is 6.07 Å². The molecule has 0 spiro atoms. The third kappa shape index (κ3) is 3.22. The maximum atomic E-state index is 12.3. The van der Waals surface area contributed by atoms with E-state index in [-0.39, 0.29) is 6.54 Å². The van der Waals surface area contributed by atoms with E-state index in [1.54, 1.807) is 30.5 Å². The zero-order chi connectivity index (χ0) is 14.7. The normalized spacial score (nSPS) is 14.3. The van der Waals surface area contributed by atoms with E-state index in [1.165, 1.54) is 0 Å². The van der Waals surface area contributed by atoms with E-state index >= 15 is 0 Å². The minimum Gasteiger partial charge on any atom is -0.385 e. The summed E-state index contributed by atoms with van der Waals surface area (Å²) in [5, 5.41) is 3.27. The molecule has 1 aromatic carbocycles. The van der Waals surface area contributed by atoms with Gasteiger partial charge in [0.05, 0.1) is 17.1 Å². The van der Waals surface area contributed by atoms with Gasteiger partial charge in [-0.2, -0.15) is 0 Å². The Bertz CT molecular complexity index is 730. The lowest BCUT2D eigenvalue weighted by molar-refractivity contribution is 0.580. The lowest BCUT2D eigenvalue weighted by atomic mass is 10.0. The smallest absolute Gasteiger partial charge is 0.240 e. The summed E-state index contributed by atoms with van der Waals surface area (Å²) in [5.74, 6) is 0. The second-order valence-electron chi connectivity index (χ2n) is 4.99. The first kappa shape index (κ1) is 14.0. The molecule has 110 valence electrons. The Morgan fingerprint density at radius 3 is 2.95 bits per heavy atom. The Balaban J connectivity index is 1.78. The predicted molar refractivity (Wildman–Crippen MR) is 81.5 cm³/mol. The van der Waals surface area contributed by atoms with Crippen LogP contribution in [0.2, 0.25) is 0 Å². The van der Waals surface area contributed by atoms with Gasteiger partial charge in [0.25, 0.3) is 0 Å². The fourth-order valence-corrected chi connectivity index (χ4v) is 3.42. The fourth-order valence-electron chi connectivity index (χ4n) is 2.37. The van der Waals surface area contributed by atoms with Crippen molar-refractivity contribution in [2.24, 2.45) is 0 Å². The average molecular weight is 303 g/mol. The SMILES string of the molecule is O=S(=O)(NCc1ccccn1)c1ccc2c(c1)CCCN2.